The molecule has 0 bridgehead atoms. The average molecular weight is 359 g/mol. The summed E-state index contributed by atoms with van der Waals surface area (Å²) in [6, 6.07) is 11.4. The number of oxazole rings is 1. The number of nitrogens with zero attached hydrogens (tertiary/aromatic N) is 1. The number of carbonyl (C=O) groups excluding carboxylic acids is 1. The second-order valence-electron chi connectivity index (χ2n) is 5.76. The number of carbonyl (C=O) groups is 1. The molecule has 0 saturated carbocycles. The van der Waals surface area contributed by atoms with Crippen LogP contribution >= 0.6 is 0 Å². The van der Waals surface area contributed by atoms with E-state index in [4.69, 9.17) is 4.42 Å². The predicted octanol–water partition coefficient (Wildman–Crippen LogP) is 3.23. The summed E-state index contributed by atoms with van der Waals surface area (Å²) in [4.78, 5) is 16.3. The summed E-state index contributed by atoms with van der Waals surface area (Å²) in [5, 5.41) is 2.23. The maximum absolute atomic E-state index is 12.3. The third kappa shape index (κ3) is 3.80. The van der Waals surface area contributed by atoms with E-state index in [0.717, 1.165) is 0 Å². The van der Waals surface area contributed by atoms with Crippen molar-refractivity contribution in [3.63, 3.8) is 0 Å². The summed E-state index contributed by atoms with van der Waals surface area (Å²) in [5.74, 6) is -0.305. The molecule has 130 valence electrons. The molecular formula is C17H17N3O4S. The summed E-state index contributed by atoms with van der Waals surface area (Å²) in [5.41, 5.74) is 2.70. The summed E-state index contributed by atoms with van der Waals surface area (Å²) >= 11 is 0. The lowest BCUT2D eigenvalue weighted by Gasteiger charge is -2.11. The van der Waals surface area contributed by atoms with Crippen molar-refractivity contribution in [1.29, 1.82) is 0 Å². The lowest BCUT2D eigenvalue weighted by atomic mass is 10.2. The van der Waals surface area contributed by atoms with Gasteiger partial charge in [0.1, 0.15) is 5.52 Å². The Morgan fingerprint density at radius 2 is 1.76 bits per heavy atom. The molecule has 2 aromatic carbocycles. The van der Waals surface area contributed by atoms with E-state index < -0.39 is 15.3 Å². The molecule has 0 atom stereocenters. The number of hydrogen-bond acceptors (Lipinski definition) is 5. The Labute approximate surface area is 145 Å². The predicted molar refractivity (Wildman–Crippen MR) is 96.1 cm³/mol. The molecule has 0 spiro atoms. The van der Waals surface area contributed by atoms with Crippen molar-refractivity contribution < 1.29 is 17.6 Å². The SMILES string of the molecule is CC(C)S(=O)(=O)Nc1ccc(C(=O)Nc2ccc3ocnc3c2)cc1. The van der Waals surface area contributed by atoms with Crippen molar-refractivity contribution in [3.8, 4) is 0 Å². The zero-order valence-electron chi connectivity index (χ0n) is 13.7. The Morgan fingerprint density at radius 1 is 1.08 bits per heavy atom. The first-order valence-electron chi connectivity index (χ1n) is 7.61. The van der Waals surface area contributed by atoms with Gasteiger partial charge in [-0.1, -0.05) is 0 Å². The lowest BCUT2D eigenvalue weighted by molar-refractivity contribution is 0.102. The highest BCUT2D eigenvalue weighted by Gasteiger charge is 2.15. The fraction of sp³-hybridized carbons (Fsp3) is 0.176. The highest BCUT2D eigenvalue weighted by Crippen LogP contribution is 2.19. The van der Waals surface area contributed by atoms with Crippen molar-refractivity contribution in [2.75, 3.05) is 10.0 Å². The van der Waals surface area contributed by atoms with Crippen LogP contribution in [0.4, 0.5) is 11.4 Å². The minimum atomic E-state index is -3.41. The average Bonchev–Trinajstić information content (AvgIpc) is 3.02. The molecule has 0 aliphatic carbocycles. The molecule has 0 aliphatic heterocycles. The van der Waals surface area contributed by atoms with Crippen LogP contribution in [0.25, 0.3) is 11.1 Å². The standard InChI is InChI=1S/C17H17N3O4S/c1-11(2)25(22,23)20-13-5-3-12(4-6-13)17(21)19-14-7-8-16-15(9-14)18-10-24-16/h3-11,20H,1-2H3,(H,19,21). The maximum Gasteiger partial charge on any atom is 0.255 e. The first kappa shape index (κ1) is 17.0. The minimum Gasteiger partial charge on any atom is -0.443 e. The van der Waals surface area contributed by atoms with Crippen molar-refractivity contribution in [1.82, 2.24) is 4.98 Å². The first-order chi connectivity index (χ1) is 11.8. The smallest absolute Gasteiger partial charge is 0.255 e. The van der Waals surface area contributed by atoms with Crippen LogP contribution in [0.2, 0.25) is 0 Å². The van der Waals surface area contributed by atoms with E-state index in [2.05, 4.69) is 15.0 Å². The number of sulfonamides is 1. The van der Waals surface area contributed by atoms with Crippen molar-refractivity contribution in [3.05, 3.63) is 54.4 Å². The quantitative estimate of drug-likeness (QED) is 0.728. The van der Waals surface area contributed by atoms with Crippen molar-refractivity contribution in [2.45, 2.75) is 19.1 Å². The topological polar surface area (TPSA) is 101 Å². The molecule has 1 aromatic heterocycles. The molecule has 3 aromatic rings. The largest absolute Gasteiger partial charge is 0.443 e. The van der Waals surface area contributed by atoms with E-state index in [1.165, 1.54) is 6.39 Å². The summed E-state index contributed by atoms with van der Waals surface area (Å²) < 4.78 is 31.3. The van der Waals surface area contributed by atoms with Gasteiger partial charge in [-0.05, 0) is 56.3 Å². The van der Waals surface area contributed by atoms with E-state index >= 15 is 0 Å². The number of fused-ring (bicyclic) bond motifs is 1. The molecule has 7 nitrogen and oxygen atoms in total. The molecular weight excluding hydrogens is 342 g/mol. The number of hydrogen-bond donors (Lipinski definition) is 2. The maximum atomic E-state index is 12.3. The highest BCUT2D eigenvalue weighted by molar-refractivity contribution is 7.93. The molecule has 0 unspecified atom stereocenters. The van der Waals surface area contributed by atoms with E-state index in [1.807, 2.05) is 0 Å². The van der Waals surface area contributed by atoms with Crippen LogP contribution in [-0.4, -0.2) is 24.6 Å². The monoisotopic (exact) mass is 359 g/mol. The third-order valence-corrected chi connectivity index (χ3v) is 5.38. The Hall–Kier alpha value is -2.87. The fourth-order valence-corrected chi connectivity index (χ4v) is 2.81. The van der Waals surface area contributed by atoms with Gasteiger partial charge in [0.2, 0.25) is 10.0 Å². The molecule has 8 heteroatoms. The second-order valence-corrected chi connectivity index (χ2v) is 8.00. The zero-order chi connectivity index (χ0) is 18.0. The lowest BCUT2D eigenvalue weighted by Crippen LogP contribution is -2.22. The van der Waals surface area contributed by atoms with Crippen LogP contribution in [0.3, 0.4) is 0 Å². The van der Waals surface area contributed by atoms with Crippen LogP contribution in [-0.2, 0) is 10.0 Å². The summed E-state index contributed by atoms with van der Waals surface area (Å²) in [7, 11) is -3.41. The van der Waals surface area contributed by atoms with Crippen molar-refractivity contribution >= 4 is 38.4 Å². The van der Waals surface area contributed by atoms with Crippen LogP contribution < -0.4 is 10.0 Å². The molecule has 0 fully saturated rings. The van der Waals surface area contributed by atoms with Crippen LogP contribution in [0.5, 0.6) is 0 Å². The van der Waals surface area contributed by atoms with Gasteiger partial charge in [-0.2, -0.15) is 0 Å². The van der Waals surface area contributed by atoms with Crippen LogP contribution in [0.1, 0.15) is 24.2 Å². The van der Waals surface area contributed by atoms with Crippen molar-refractivity contribution in [2.24, 2.45) is 0 Å². The Balaban J connectivity index is 1.72. The Morgan fingerprint density at radius 3 is 2.44 bits per heavy atom. The molecule has 0 saturated heterocycles. The molecule has 1 heterocycles. The van der Waals surface area contributed by atoms with Gasteiger partial charge in [-0.25, -0.2) is 13.4 Å². The molecule has 3 rings (SSSR count). The van der Waals surface area contributed by atoms with Gasteiger partial charge in [0.15, 0.2) is 12.0 Å². The number of benzene rings is 2. The number of rotatable bonds is 5. The molecule has 25 heavy (non-hydrogen) atoms. The van der Waals surface area contributed by atoms with E-state index in [9.17, 15) is 13.2 Å². The molecule has 2 N–H and O–H groups in total. The second kappa shape index (κ2) is 6.56. The zero-order valence-corrected chi connectivity index (χ0v) is 14.5. The molecule has 0 aliphatic rings. The van der Waals surface area contributed by atoms with E-state index in [-0.39, 0.29) is 5.91 Å². The number of amides is 1. The number of aromatic nitrogens is 1. The minimum absolute atomic E-state index is 0.305. The van der Waals surface area contributed by atoms with Crippen LogP contribution in [0, 0.1) is 0 Å². The van der Waals surface area contributed by atoms with E-state index in [0.29, 0.717) is 28.0 Å². The van der Waals surface area contributed by atoms with Gasteiger partial charge in [0, 0.05) is 16.9 Å². The van der Waals surface area contributed by atoms with Gasteiger partial charge in [-0.3, -0.25) is 9.52 Å². The van der Waals surface area contributed by atoms with E-state index in [1.54, 1.807) is 56.3 Å². The number of nitrogens with one attached hydrogen (secondary N) is 2. The summed E-state index contributed by atoms with van der Waals surface area (Å²) in [6.45, 7) is 3.19. The highest BCUT2D eigenvalue weighted by atomic mass is 32.2. The van der Waals surface area contributed by atoms with Crippen LogP contribution in [0.15, 0.2) is 53.3 Å². The first-order valence-corrected chi connectivity index (χ1v) is 9.16. The number of anilines is 2. The normalized spacial score (nSPS) is 11.6. The van der Waals surface area contributed by atoms with Gasteiger partial charge >= 0.3 is 0 Å². The Bertz CT molecular complexity index is 1010. The molecule has 1 amide bonds. The van der Waals surface area contributed by atoms with Gasteiger partial charge < -0.3 is 9.73 Å². The van der Waals surface area contributed by atoms with Gasteiger partial charge in [0.25, 0.3) is 5.91 Å². The summed E-state index contributed by atoms with van der Waals surface area (Å²) in [6.07, 6.45) is 1.34. The third-order valence-electron chi connectivity index (χ3n) is 3.62. The van der Waals surface area contributed by atoms with Gasteiger partial charge in [-0.15, -0.1) is 0 Å². The molecule has 0 radical (unpaired) electrons. The Kier molecular flexibility index (Phi) is 4.45. The van der Waals surface area contributed by atoms with Gasteiger partial charge in [0.05, 0.1) is 5.25 Å². The fourth-order valence-electron chi connectivity index (χ4n) is 2.11.